The zero-order valence-corrected chi connectivity index (χ0v) is 15.8. The Balaban J connectivity index is 2.07. The summed E-state index contributed by atoms with van der Waals surface area (Å²) in [5.74, 6) is 1.00. The van der Waals surface area contributed by atoms with Gasteiger partial charge in [-0.3, -0.25) is 4.79 Å². The monoisotopic (exact) mass is 385 g/mol. The smallest absolute Gasteiger partial charge is 0.237 e. The second-order valence-corrected chi connectivity index (χ2v) is 7.12. The van der Waals surface area contributed by atoms with Crippen molar-refractivity contribution in [1.29, 1.82) is 0 Å². The van der Waals surface area contributed by atoms with Crippen LogP contribution < -0.4 is 14.8 Å². The highest BCUT2D eigenvalue weighted by Crippen LogP contribution is 2.34. The molecule has 0 saturated heterocycles. The molecule has 0 spiro atoms. The van der Waals surface area contributed by atoms with Gasteiger partial charge < -0.3 is 14.8 Å². The maximum absolute atomic E-state index is 12.4. The van der Waals surface area contributed by atoms with Crippen LogP contribution in [0.5, 0.6) is 11.5 Å². The molecule has 2 aromatic carbocycles. The number of benzene rings is 2. The van der Waals surface area contributed by atoms with Crippen molar-refractivity contribution in [2.75, 3.05) is 19.5 Å². The highest BCUT2D eigenvalue weighted by atomic mass is 35.5. The fraction of sp³-hybridized carbons (Fsp3) is 0.235. The molecule has 128 valence electrons. The van der Waals surface area contributed by atoms with Crippen LogP contribution in [0.3, 0.4) is 0 Å². The first-order chi connectivity index (χ1) is 11.4. The van der Waals surface area contributed by atoms with Crippen LogP contribution in [0.25, 0.3) is 0 Å². The van der Waals surface area contributed by atoms with E-state index in [1.807, 2.05) is 0 Å². The molecule has 1 unspecified atom stereocenters. The minimum Gasteiger partial charge on any atom is -0.493 e. The number of methoxy groups -OCH3 is 2. The van der Waals surface area contributed by atoms with Crippen molar-refractivity contribution in [2.24, 2.45) is 0 Å². The molecular weight excluding hydrogens is 369 g/mol. The third kappa shape index (κ3) is 4.72. The lowest BCUT2D eigenvalue weighted by Crippen LogP contribution is -2.22. The summed E-state index contributed by atoms with van der Waals surface area (Å²) in [7, 11) is 3.10. The summed E-state index contributed by atoms with van der Waals surface area (Å²) in [6, 6.07) is 10.4. The van der Waals surface area contributed by atoms with Gasteiger partial charge in [-0.15, -0.1) is 11.8 Å². The van der Waals surface area contributed by atoms with Crippen LogP contribution in [0.15, 0.2) is 41.3 Å². The molecule has 2 aromatic rings. The molecule has 0 aliphatic carbocycles. The lowest BCUT2D eigenvalue weighted by atomic mass is 10.2. The Morgan fingerprint density at radius 1 is 1.08 bits per heavy atom. The minimum absolute atomic E-state index is 0.150. The first-order valence-corrected chi connectivity index (χ1v) is 8.72. The number of thioether (sulfide) groups is 1. The number of ether oxygens (including phenoxy) is 2. The second kappa shape index (κ2) is 8.51. The first-order valence-electron chi connectivity index (χ1n) is 7.09. The fourth-order valence-corrected chi connectivity index (χ4v) is 3.38. The molecule has 0 saturated carbocycles. The van der Waals surface area contributed by atoms with Gasteiger partial charge >= 0.3 is 0 Å². The Morgan fingerprint density at radius 2 is 1.79 bits per heavy atom. The Kier molecular flexibility index (Phi) is 6.66. The summed E-state index contributed by atoms with van der Waals surface area (Å²) in [4.78, 5) is 13.2. The van der Waals surface area contributed by atoms with Gasteiger partial charge in [0.2, 0.25) is 5.91 Å². The molecule has 0 bridgehead atoms. The van der Waals surface area contributed by atoms with E-state index in [9.17, 15) is 4.79 Å². The van der Waals surface area contributed by atoms with Gasteiger partial charge in [-0.2, -0.15) is 0 Å². The Bertz CT molecular complexity index is 740. The van der Waals surface area contributed by atoms with Crippen LogP contribution >= 0.6 is 35.0 Å². The highest BCUT2D eigenvalue weighted by molar-refractivity contribution is 8.00. The van der Waals surface area contributed by atoms with Crippen molar-refractivity contribution in [3.8, 4) is 11.5 Å². The summed E-state index contributed by atoms with van der Waals surface area (Å²) >= 11 is 13.5. The molecule has 0 heterocycles. The zero-order chi connectivity index (χ0) is 17.7. The number of carbonyl (C=O) groups excluding carboxylic acids is 1. The van der Waals surface area contributed by atoms with Gasteiger partial charge in [0, 0.05) is 21.7 Å². The van der Waals surface area contributed by atoms with Crippen LogP contribution in [0.2, 0.25) is 10.0 Å². The Hall–Kier alpha value is -1.56. The minimum atomic E-state index is -0.353. The van der Waals surface area contributed by atoms with Crippen molar-refractivity contribution in [3.05, 3.63) is 46.4 Å². The number of nitrogens with one attached hydrogen (secondary N) is 1. The average Bonchev–Trinajstić information content (AvgIpc) is 2.57. The molecular formula is C17H17Cl2NO3S. The van der Waals surface area contributed by atoms with Crippen LogP contribution in [-0.4, -0.2) is 25.4 Å². The second-order valence-electron chi connectivity index (χ2n) is 4.89. The first kappa shape index (κ1) is 18.8. The average molecular weight is 386 g/mol. The van der Waals surface area contributed by atoms with Gasteiger partial charge in [-0.25, -0.2) is 0 Å². The van der Waals surface area contributed by atoms with E-state index in [-0.39, 0.29) is 11.2 Å². The maximum atomic E-state index is 12.4. The van der Waals surface area contributed by atoms with E-state index in [2.05, 4.69) is 5.32 Å². The third-order valence-electron chi connectivity index (χ3n) is 3.22. The predicted molar refractivity (Wildman–Crippen MR) is 100.0 cm³/mol. The quantitative estimate of drug-likeness (QED) is 0.700. The lowest BCUT2D eigenvalue weighted by Gasteiger charge is -2.14. The highest BCUT2D eigenvalue weighted by Gasteiger charge is 2.17. The zero-order valence-electron chi connectivity index (χ0n) is 13.4. The maximum Gasteiger partial charge on any atom is 0.237 e. The van der Waals surface area contributed by atoms with Crippen LogP contribution in [0.1, 0.15) is 6.92 Å². The van der Waals surface area contributed by atoms with E-state index >= 15 is 0 Å². The Labute approximate surface area is 155 Å². The molecule has 1 N–H and O–H groups in total. The molecule has 0 fully saturated rings. The number of rotatable bonds is 6. The number of amides is 1. The molecule has 1 atom stereocenters. The van der Waals surface area contributed by atoms with E-state index in [0.29, 0.717) is 27.2 Å². The summed E-state index contributed by atoms with van der Waals surface area (Å²) in [6.07, 6.45) is 0. The Morgan fingerprint density at radius 3 is 2.46 bits per heavy atom. The van der Waals surface area contributed by atoms with Crippen molar-refractivity contribution >= 4 is 46.6 Å². The molecule has 2 rings (SSSR count). The van der Waals surface area contributed by atoms with Gasteiger partial charge in [-0.05, 0) is 37.3 Å². The fourth-order valence-electron chi connectivity index (χ4n) is 1.97. The summed E-state index contributed by atoms with van der Waals surface area (Å²) in [6.45, 7) is 1.80. The van der Waals surface area contributed by atoms with Crippen LogP contribution in [0.4, 0.5) is 5.69 Å². The molecule has 0 aliphatic heterocycles. The van der Waals surface area contributed by atoms with E-state index in [4.69, 9.17) is 32.7 Å². The van der Waals surface area contributed by atoms with Crippen molar-refractivity contribution < 1.29 is 14.3 Å². The molecule has 24 heavy (non-hydrogen) atoms. The van der Waals surface area contributed by atoms with E-state index in [1.54, 1.807) is 57.5 Å². The van der Waals surface area contributed by atoms with Crippen molar-refractivity contribution in [1.82, 2.24) is 0 Å². The van der Waals surface area contributed by atoms with Crippen molar-refractivity contribution in [3.63, 3.8) is 0 Å². The summed E-state index contributed by atoms with van der Waals surface area (Å²) in [5, 5.41) is 3.64. The van der Waals surface area contributed by atoms with Crippen molar-refractivity contribution in [2.45, 2.75) is 17.1 Å². The number of hydrogen-bond donors (Lipinski definition) is 1. The lowest BCUT2D eigenvalue weighted by molar-refractivity contribution is -0.115. The van der Waals surface area contributed by atoms with E-state index < -0.39 is 0 Å². The van der Waals surface area contributed by atoms with Gasteiger partial charge in [0.15, 0.2) is 11.5 Å². The largest absolute Gasteiger partial charge is 0.493 e. The van der Waals surface area contributed by atoms with Gasteiger partial charge in [0.05, 0.1) is 24.5 Å². The summed E-state index contributed by atoms with van der Waals surface area (Å²) in [5.41, 5.74) is 0.627. The van der Waals surface area contributed by atoms with E-state index in [0.717, 1.165) is 4.90 Å². The number of hydrogen-bond acceptors (Lipinski definition) is 4. The van der Waals surface area contributed by atoms with Crippen LogP contribution in [-0.2, 0) is 4.79 Å². The SMILES string of the molecule is COc1ccc(NC(=O)C(C)Sc2cc(Cl)ccc2Cl)cc1OC. The normalized spacial score (nSPS) is 11.7. The number of carbonyl (C=O) groups is 1. The topological polar surface area (TPSA) is 47.6 Å². The molecule has 0 radical (unpaired) electrons. The standard InChI is InChI=1S/C17H17Cl2NO3S/c1-10(24-16-8-11(18)4-6-13(16)19)17(21)20-12-5-7-14(22-2)15(9-12)23-3/h4-10H,1-3H3,(H,20,21). The van der Waals surface area contributed by atoms with E-state index in [1.165, 1.54) is 11.8 Å². The van der Waals surface area contributed by atoms with Gasteiger partial charge in [0.1, 0.15) is 0 Å². The molecule has 0 aromatic heterocycles. The van der Waals surface area contributed by atoms with Gasteiger partial charge in [0.25, 0.3) is 0 Å². The predicted octanol–water partition coefficient (Wildman–Crippen LogP) is 5.13. The number of halogens is 2. The molecule has 4 nitrogen and oxygen atoms in total. The third-order valence-corrected chi connectivity index (χ3v) is 5.05. The van der Waals surface area contributed by atoms with Crippen LogP contribution in [0, 0.1) is 0 Å². The molecule has 7 heteroatoms. The van der Waals surface area contributed by atoms with Gasteiger partial charge in [-0.1, -0.05) is 23.2 Å². The summed E-state index contributed by atoms with van der Waals surface area (Å²) < 4.78 is 10.4. The molecule has 0 aliphatic rings. The molecule has 1 amide bonds. The number of anilines is 1.